The van der Waals surface area contributed by atoms with Gasteiger partial charge in [-0.05, 0) is 73.4 Å². The summed E-state index contributed by atoms with van der Waals surface area (Å²) in [6.07, 6.45) is 5.40. The van der Waals surface area contributed by atoms with Crippen LogP contribution in [0.25, 0.3) is 0 Å². The van der Waals surface area contributed by atoms with Crippen LogP contribution in [0.5, 0.6) is 0 Å². The lowest BCUT2D eigenvalue weighted by atomic mass is 9.89. The highest BCUT2D eigenvalue weighted by molar-refractivity contribution is 5.89. The van der Waals surface area contributed by atoms with E-state index >= 15 is 0 Å². The van der Waals surface area contributed by atoms with Gasteiger partial charge < -0.3 is 15.5 Å². The van der Waals surface area contributed by atoms with E-state index in [0.29, 0.717) is 17.8 Å². The van der Waals surface area contributed by atoms with E-state index in [4.69, 9.17) is 5.26 Å². The van der Waals surface area contributed by atoms with E-state index in [1.54, 1.807) is 24.3 Å². The summed E-state index contributed by atoms with van der Waals surface area (Å²) >= 11 is 0. The van der Waals surface area contributed by atoms with Crippen LogP contribution in [0.4, 0.5) is 16.2 Å². The number of nitrogens with zero attached hydrogens (tertiary/aromatic N) is 2. The SMILES string of the molecule is N#Cc1cccc(NC(=O)NCCCc2ccccc2N2CCC(Cc3ccccc3)CC2)c1. The number of para-hydroxylation sites is 1. The molecule has 0 bridgehead atoms. The molecule has 0 radical (unpaired) electrons. The summed E-state index contributed by atoms with van der Waals surface area (Å²) in [6, 6.07) is 28.2. The number of benzene rings is 3. The zero-order valence-electron chi connectivity index (χ0n) is 19.5. The fourth-order valence-corrected chi connectivity index (χ4v) is 4.68. The minimum Gasteiger partial charge on any atom is -0.371 e. The average Bonchev–Trinajstić information content (AvgIpc) is 2.88. The maximum atomic E-state index is 12.2. The topological polar surface area (TPSA) is 68.2 Å². The van der Waals surface area contributed by atoms with Crippen molar-refractivity contribution in [1.82, 2.24) is 5.32 Å². The number of rotatable bonds is 8. The third-order valence-electron chi connectivity index (χ3n) is 6.47. The van der Waals surface area contributed by atoms with Gasteiger partial charge in [-0.3, -0.25) is 0 Å². The highest BCUT2D eigenvalue weighted by Gasteiger charge is 2.21. The molecular weight excluding hydrogens is 420 g/mol. The molecule has 1 fully saturated rings. The number of carbonyl (C=O) groups is 1. The van der Waals surface area contributed by atoms with E-state index in [1.807, 2.05) is 0 Å². The number of aryl methyl sites for hydroxylation is 1. The van der Waals surface area contributed by atoms with E-state index in [9.17, 15) is 4.79 Å². The van der Waals surface area contributed by atoms with Gasteiger partial charge in [0.05, 0.1) is 11.6 Å². The number of amides is 2. The minimum atomic E-state index is -0.246. The zero-order chi connectivity index (χ0) is 23.6. The second-order valence-corrected chi connectivity index (χ2v) is 8.93. The first-order valence-corrected chi connectivity index (χ1v) is 12.1. The van der Waals surface area contributed by atoms with E-state index in [0.717, 1.165) is 31.8 Å². The molecular formula is C29H32N4O. The van der Waals surface area contributed by atoms with Crippen molar-refractivity contribution in [3.05, 3.63) is 95.6 Å². The van der Waals surface area contributed by atoms with Crippen LogP contribution in [0.3, 0.4) is 0 Å². The Bertz CT molecular complexity index is 1110. The molecule has 2 N–H and O–H groups in total. The molecule has 0 atom stereocenters. The average molecular weight is 453 g/mol. The second kappa shape index (κ2) is 11.9. The van der Waals surface area contributed by atoms with Crippen LogP contribution in [-0.2, 0) is 12.8 Å². The number of nitrogens with one attached hydrogen (secondary N) is 2. The summed E-state index contributed by atoms with van der Waals surface area (Å²) in [5.41, 5.74) is 5.26. The number of anilines is 2. The Morgan fingerprint density at radius 1 is 0.971 bits per heavy atom. The highest BCUT2D eigenvalue weighted by atomic mass is 16.2. The van der Waals surface area contributed by atoms with E-state index in [2.05, 4.69) is 76.2 Å². The van der Waals surface area contributed by atoms with Crippen LogP contribution in [0.15, 0.2) is 78.9 Å². The quantitative estimate of drug-likeness (QED) is 0.426. The molecule has 174 valence electrons. The molecule has 0 aliphatic carbocycles. The molecule has 0 unspecified atom stereocenters. The molecule has 0 saturated carbocycles. The molecule has 5 nitrogen and oxygen atoms in total. The number of urea groups is 1. The van der Waals surface area contributed by atoms with Gasteiger partial charge in [-0.1, -0.05) is 54.6 Å². The van der Waals surface area contributed by atoms with Crippen LogP contribution >= 0.6 is 0 Å². The largest absolute Gasteiger partial charge is 0.371 e. The van der Waals surface area contributed by atoms with Gasteiger partial charge in [-0.25, -0.2) is 4.79 Å². The fraction of sp³-hybridized carbons (Fsp3) is 0.310. The number of hydrogen-bond acceptors (Lipinski definition) is 3. The van der Waals surface area contributed by atoms with Crippen LogP contribution in [-0.4, -0.2) is 25.7 Å². The second-order valence-electron chi connectivity index (χ2n) is 8.93. The minimum absolute atomic E-state index is 0.246. The lowest BCUT2D eigenvalue weighted by Gasteiger charge is -2.35. The maximum Gasteiger partial charge on any atom is 0.319 e. The Kier molecular flexibility index (Phi) is 8.18. The van der Waals surface area contributed by atoms with Crippen molar-refractivity contribution >= 4 is 17.4 Å². The molecule has 2 amide bonds. The van der Waals surface area contributed by atoms with E-state index < -0.39 is 0 Å². The van der Waals surface area contributed by atoms with Crippen molar-refractivity contribution < 1.29 is 4.79 Å². The highest BCUT2D eigenvalue weighted by Crippen LogP contribution is 2.28. The first-order valence-electron chi connectivity index (χ1n) is 12.1. The summed E-state index contributed by atoms with van der Waals surface area (Å²) in [5, 5.41) is 14.7. The molecule has 1 aliphatic heterocycles. The predicted molar refractivity (Wildman–Crippen MR) is 138 cm³/mol. The lowest BCUT2D eigenvalue weighted by molar-refractivity contribution is 0.252. The Balaban J connectivity index is 1.23. The molecule has 0 spiro atoms. The molecule has 3 aromatic carbocycles. The number of carbonyl (C=O) groups excluding carboxylic acids is 1. The van der Waals surface area contributed by atoms with Crippen molar-refractivity contribution in [3.63, 3.8) is 0 Å². The summed E-state index contributed by atoms with van der Waals surface area (Å²) in [4.78, 5) is 14.7. The molecule has 3 aromatic rings. The molecule has 0 aromatic heterocycles. The molecule has 5 heteroatoms. The summed E-state index contributed by atoms with van der Waals surface area (Å²) in [7, 11) is 0. The molecule has 4 rings (SSSR count). The van der Waals surface area contributed by atoms with E-state index in [-0.39, 0.29) is 6.03 Å². The van der Waals surface area contributed by atoms with Crippen molar-refractivity contribution in [1.29, 1.82) is 5.26 Å². The van der Waals surface area contributed by atoms with Crippen LogP contribution < -0.4 is 15.5 Å². The van der Waals surface area contributed by atoms with Gasteiger partial charge in [0.25, 0.3) is 0 Å². The number of nitriles is 1. The van der Waals surface area contributed by atoms with Gasteiger partial charge in [-0.15, -0.1) is 0 Å². The Labute approximate surface area is 202 Å². The lowest BCUT2D eigenvalue weighted by Crippen LogP contribution is -2.35. The van der Waals surface area contributed by atoms with Crippen LogP contribution in [0.1, 0.15) is 36.0 Å². The number of hydrogen-bond donors (Lipinski definition) is 2. The molecule has 1 aliphatic rings. The van der Waals surface area contributed by atoms with Gasteiger partial charge in [-0.2, -0.15) is 5.26 Å². The van der Waals surface area contributed by atoms with Gasteiger partial charge in [0, 0.05) is 31.0 Å². The van der Waals surface area contributed by atoms with E-state index in [1.165, 1.54) is 36.1 Å². The van der Waals surface area contributed by atoms with Crippen molar-refractivity contribution in [2.45, 2.75) is 32.1 Å². The molecule has 1 saturated heterocycles. The van der Waals surface area contributed by atoms with Crippen molar-refractivity contribution in [2.75, 3.05) is 29.9 Å². The van der Waals surface area contributed by atoms with Crippen molar-refractivity contribution in [2.24, 2.45) is 5.92 Å². The van der Waals surface area contributed by atoms with Crippen LogP contribution in [0.2, 0.25) is 0 Å². The Hall–Kier alpha value is -3.78. The zero-order valence-corrected chi connectivity index (χ0v) is 19.5. The first kappa shape index (κ1) is 23.4. The third kappa shape index (κ3) is 6.62. The standard InChI is InChI=1S/C29H32N4O/c30-22-25-10-6-13-27(21-25)32-29(34)31-17-7-12-26-11-4-5-14-28(26)33-18-15-24(16-19-33)20-23-8-2-1-3-9-23/h1-6,8-11,13-14,21,24H,7,12,15-20H2,(H2,31,32,34). The molecule has 1 heterocycles. The first-order chi connectivity index (χ1) is 16.7. The fourth-order valence-electron chi connectivity index (χ4n) is 4.68. The Morgan fingerprint density at radius 3 is 2.53 bits per heavy atom. The van der Waals surface area contributed by atoms with Gasteiger partial charge in [0.1, 0.15) is 0 Å². The molecule has 34 heavy (non-hydrogen) atoms. The maximum absolute atomic E-state index is 12.2. The van der Waals surface area contributed by atoms with Gasteiger partial charge in [0.2, 0.25) is 0 Å². The monoisotopic (exact) mass is 452 g/mol. The normalized spacial score (nSPS) is 13.8. The summed E-state index contributed by atoms with van der Waals surface area (Å²) in [5.74, 6) is 0.752. The van der Waals surface area contributed by atoms with Gasteiger partial charge >= 0.3 is 6.03 Å². The summed E-state index contributed by atoms with van der Waals surface area (Å²) < 4.78 is 0. The van der Waals surface area contributed by atoms with Gasteiger partial charge in [0.15, 0.2) is 0 Å². The number of piperidine rings is 1. The van der Waals surface area contributed by atoms with Crippen LogP contribution in [0, 0.1) is 17.2 Å². The van der Waals surface area contributed by atoms with Crippen molar-refractivity contribution in [3.8, 4) is 6.07 Å². The Morgan fingerprint density at radius 2 is 1.74 bits per heavy atom. The third-order valence-corrected chi connectivity index (χ3v) is 6.47. The smallest absolute Gasteiger partial charge is 0.319 e. The summed E-state index contributed by atoms with van der Waals surface area (Å²) in [6.45, 7) is 2.78. The predicted octanol–water partition coefficient (Wildman–Crippen LogP) is 5.77.